The fourth-order valence-corrected chi connectivity index (χ4v) is 6.29. The lowest BCUT2D eigenvalue weighted by molar-refractivity contribution is 0.0620. The average Bonchev–Trinajstić information content (AvgIpc) is 2.95. The fourth-order valence-electron chi connectivity index (χ4n) is 5.99. The van der Waals surface area contributed by atoms with Gasteiger partial charge in [-0.2, -0.15) is 0 Å². The molecule has 1 atom stereocenters. The first-order valence-corrected chi connectivity index (χ1v) is 14.1. The van der Waals surface area contributed by atoms with Crippen molar-refractivity contribution < 1.29 is 4.79 Å². The van der Waals surface area contributed by atoms with Gasteiger partial charge in [0.2, 0.25) is 0 Å². The van der Waals surface area contributed by atoms with Crippen molar-refractivity contribution in [3.63, 3.8) is 0 Å². The lowest BCUT2D eigenvalue weighted by Crippen LogP contribution is -2.49. The van der Waals surface area contributed by atoms with E-state index in [0.29, 0.717) is 16.6 Å². The summed E-state index contributed by atoms with van der Waals surface area (Å²) in [5, 5.41) is 1.16. The van der Waals surface area contributed by atoms with Gasteiger partial charge in [0.05, 0.1) is 10.0 Å². The molecule has 2 saturated heterocycles. The van der Waals surface area contributed by atoms with Crippen LogP contribution in [-0.4, -0.2) is 61.5 Å². The van der Waals surface area contributed by atoms with Gasteiger partial charge in [0.15, 0.2) is 0 Å². The molecule has 2 fully saturated rings. The topological polar surface area (TPSA) is 26.8 Å². The Morgan fingerprint density at radius 2 is 1.51 bits per heavy atom. The number of benzene rings is 3. The molecule has 6 heteroatoms. The molecule has 0 N–H and O–H groups in total. The van der Waals surface area contributed by atoms with Gasteiger partial charge < -0.3 is 9.80 Å². The highest BCUT2D eigenvalue weighted by Gasteiger charge is 2.39. The van der Waals surface area contributed by atoms with Gasteiger partial charge in [-0.1, -0.05) is 65.7 Å². The Kier molecular flexibility index (Phi) is 8.39. The highest BCUT2D eigenvalue weighted by atomic mass is 35.5. The molecule has 194 valence electrons. The SMILES string of the molecule is O=C(c1ccccc1)N1CCCC(CCCN2CCN(c3ccccc3)CC2)(c2ccc(Cl)c(Cl)c2)C1. The maximum atomic E-state index is 13.4. The zero-order valence-corrected chi connectivity index (χ0v) is 22.8. The minimum atomic E-state index is -0.122. The van der Waals surface area contributed by atoms with Crippen molar-refractivity contribution in [3.05, 3.63) is 100 Å². The van der Waals surface area contributed by atoms with Crippen LogP contribution in [0, 0.1) is 0 Å². The standard InChI is InChI=1S/C31H35Cl2N3O/c32-28-14-13-26(23-29(28)33)31(16-8-18-36(24-31)30(37)25-9-3-1-4-10-25)15-7-17-34-19-21-35(22-20-34)27-11-5-2-6-12-27/h1-6,9-14,23H,7-8,15-22,24H2. The molecule has 1 amide bonds. The van der Waals surface area contributed by atoms with Crippen LogP contribution in [0.3, 0.4) is 0 Å². The molecule has 3 aromatic carbocycles. The summed E-state index contributed by atoms with van der Waals surface area (Å²) in [5.41, 5.74) is 3.14. The lowest BCUT2D eigenvalue weighted by Gasteiger charge is -2.44. The number of piperidine rings is 1. The van der Waals surface area contributed by atoms with Gasteiger partial charge in [-0.3, -0.25) is 9.69 Å². The molecule has 0 bridgehead atoms. The predicted octanol–water partition coefficient (Wildman–Crippen LogP) is 6.77. The van der Waals surface area contributed by atoms with E-state index in [2.05, 4.69) is 46.2 Å². The zero-order chi connectivity index (χ0) is 25.7. The number of nitrogens with zero attached hydrogens (tertiary/aromatic N) is 3. The van der Waals surface area contributed by atoms with Crippen LogP contribution >= 0.6 is 23.2 Å². The second kappa shape index (κ2) is 11.9. The van der Waals surface area contributed by atoms with Crippen molar-refractivity contribution in [1.29, 1.82) is 0 Å². The van der Waals surface area contributed by atoms with Crippen molar-refractivity contribution in [1.82, 2.24) is 9.80 Å². The van der Waals surface area contributed by atoms with E-state index in [9.17, 15) is 4.79 Å². The Morgan fingerprint density at radius 3 is 2.22 bits per heavy atom. The van der Waals surface area contributed by atoms with E-state index in [-0.39, 0.29) is 11.3 Å². The number of anilines is 1. The number of amides is 1. The third kappa shape index (κ3) is 6.14. The molecule has 0 saturated carbocycles. The number of halogens is 2. The van der Waals surface area contributed by atoms with Crippen LogP contribution in [-0.2, 0) is 5.41 Å². The second-order valence-corrected chi connectivity index (χ2v) is 11.2. The third-order valence-electron chi connectivity index (χ3n) is 8.04. The minimum absolute atomic E-state index is 0.113. The van der Waals surface area contributed by atoms with E-state index in [4.69, 9.17) is 23.2 Å². The van der Waals surface area contributed by atoms with Crippen molar-refractivity contribution in [2.75, 3.05) is 50.7 Å². The minimum Gasteiger partial charge on any atom is -0.369 e. The first-order chi connectivity index (χ1) is 18.0. The molecule has 37 heavy (non-hydrogen) atoms. The predicted molar refractivity (Wildman–Crippen MR) is 154 cm³/mol. The number of hydrogen-bond acceptors (Lipinski definition) is 3. The quantitative estimate of drug-likeness (QED) is 0.334. The Labute approximate surface area is 230 Å². The van der Waals surface area contributed by atoms with Crippen LogP contribution in [0.1, 0.15) is 41.6 Å². The summed E-state index contributed by atoms with van der Waals surface area (Å²) in [6, 6.07) is 26.4. The third-order valence-corrected chi connectivity index (χ3v) is 8.78. The summed E-state index contributed by atoms with van der Waals surface area (Å²) in [4.78, 5) is 20.5. The van der Waals surface area contributed by atoms with Gasteiger partial charge in [-0.15, -0.1) is 0 Å². The molecule has 5 rings (SSSR count). The van der Waals surface area contributed by atoms with Gasteiger partial charge in [0.25, 0.3) is 5.91 Å². The summed E-state index contributed by atoms with van der Waals surface area (Å²) < 4.78 is 0. The van der Waals surface area contributed by atoms with Crippen LogP contribution < -0.4 is 4.90 Å². The van der Waals surface area contributed by atoms with E-state index in [0.717, 1.165) is 70.5 Å². The maximum Gasteiger partial charge on any atom is 0.253 e. The van der Waals surface area contributed by atoms with Crippen LogP contribution in [0.4, 0.5) is 5.69 Å². The molecule has 2 aliphatic heterocycles. The van der Waals surface area contributed by atoms with Crippen molar-refractivity contribution in [3.8, 4) is 0 Å². The van der Waals surface area contributed by atoms with E-state index >= 15 is 0 Å². The number of rotatable bonds is 7. The summed E-state index contributed by atoms with van der Waals surface area (Å²) in [5.74, 6) is 0.113. The fraction of sp³-hybridized carbons (Fsp3) is 0.387. The smallest absolute Gasteiger partial charge is 0.253 e. The summed E-state index contributed by atoms with van der Waals surface area (Å²) >= 11 is 12.8. The molecule has 2 heterocycles. The molecule has 3 aromatic rings. The molecule has 0 spiro atoms. The van der Waals surface area contributed by atoms with Gasteiger partial charge in [-0.25, -0.2) is 0 Å². The number of carbonyl (C=O) groups excluding carboxylic acids is 1. The Hall–Kier alpha value is -2.53. The largest absolute Gasteiger partial charge is 0.369 e. The highest BCUT2D eigenvalue weighted by Crippen LogP contribution is 2.41. The van der Waals surface area contributed by atoms with E-state index < -0.39 is 0 Å². The molecule has 0 radical (unpaired) electrons. The van der Waals surface area contributed by atoms with Crippen LogP contribution in [0.15, 0.2) is 78.9 Å². The molecule has 4 nitrogen and oxygen atoms in total. The van der Waals surface area contributed by atoms with Crippen molar-refractivity contribution in [2.45, 2.75) is 31.1 Å². The Balaban J connectivity index is 1.27. The second-order valence-electron chi connectivity index (χ2n) is 10.4. The summed E-state index contributed by atoms with van der Waals surface area (Å²) in [6.07, 6.45) is 4.13. The zero-order valence-electron chi connectivity index (χ0n) is 21.3. The summed E-state index contributed by atoms with van der Waals surface area (Å²) in [7, 11) is 0. The molecule has 0 aliphatic carbocycles. The summed E-state index contributed by atoms with van der Waals surface area (Å²) in [6.45, 7) is 6.83. The van der Waals surface area contributed by atoms with Gasteiger partial charge in [-0.05, 0) is 74.2 Å². The van der Waals surface area contributed by atoms with Gasteiger partial charge in [0, 0.05) is 55.9 Å². The van der Waals surface area contributed by atoms with Crippen molar-refractivity contribution in [2.24, 2.45) is 0 Å². The normalized spacial score (nSPS) is 20.7. The first-order valence-electron chi connectivity index (χ1n) is 13.4. The highest BCUT2D eigenvalue weighted by molar-refractivity contribution is 6.42. The Morgan fingerprint density at radius 1 is 0.811 bits per heavy atom. The lowest BCUT2D eigenvalue weighted by atomic mass is 9.71. The molecular weight excluding hydrogens is 501 g/mol. The molecule has 2 aliphatic rings. The number of carbonyl (C=O) groups is 1. The van der Waals surface area contributed by atoms with Crippen LogP contribution in [0.5, 0.6) is 0 Å². The average molecular weight is 537 g/mol. The number of likely N-dealkylation sites (tertiary alicyclic amines) is 1. The number of piperazine rings is 1. The van der Waals surface area contributed by atoms with E-state index in [1.807, 2.05) is 47.4 Å². The molecule has 1 unspecified atom stereocenters. The monoisotopic (exact) mass is 535 g/mol. The molecular formula is C31H35Cl2N3O. The van der Waals surface area contributed by atoms with Crippen LogP contribution in [0.2, 0.25) is 10.0 Å². The van der Waals surface area contributed by atoms with E-state index in [1.54, 1.807) is 0 Å². The van der Waals surface area contributed by atoms with E-state index in [1.165, 1.54) is 11.3 Å². The van der Waals surface area contributed by atoms with Gasteiger partial charge >= 0.3 is 0 Å². The van der Waals surface area contributed by atoms with Gasteiger partial charge in [0.1, 0.15) is 0 Å². The number of para-hydroxylation sites is 1. The number of hydrogen-bond donors (Lipinski definition) is 0. The first kappa shape index (κ1) is 26.1. The van der Waals surface area contributed by atoms with Crippen LogP contribution in [0.25, 0.3) is 0 Å². The molecule has 0 aromatic heterocycles. The maximum absolute atomic E-state index is 13.4. The Bertz CT molecular complexity index is 1180. The van der Waals surface area contributed by atoms with Crippen molar-refractivity contribution >= 4 is 34.8 Å².